The molecule has 0 radical (unpaired) electrons. The standard InChI is InChI=1S/C13H10BrN3O2S/c1-9-4-5-10(14)7-11(9)17-20(18,19)13-3-2-6-16-12(13)8-15/h2-7,17H,1H3. The summed E-state index contributed by atoms with van der Waals surface area (Å²) in [4.78, 5) is 3.62. The lowest BCUT2D eigenvalue weighted by Gasteiger charge is -2.11. The Balaban J connectivity index is 2.47. The van der Waals surface area contributed by atoms with Crippen LogP contribution >= 0.6 is 15.9 Å². The second-order valence-electron chi connectivity index (χ2n) is 4.03. The van der Waals surface area contributed by atoms with Gasteiger partial charge in [0.25, 0.3) is 10.0 Å². The SMILES string of the molecule is Cc1ccc(Br)cc1NS(=O)(=O)c1cccnc1C#N. The van der Waals surface area contributed by atoms with E-state index < -0.39 is 10.0 Å². The van der Waals surface area contributed by atoms with Crippen molar-refractivity contribution in [3.05, 3.63) is 52.3 Å². The van der Waals surface area contributed by atoms with Crippen LogP contribution in [0.3, 0.4) is 0 Å². The Hall–Kier alpha value is -1.91. The lowest BCUT2D eigenvalue weighted by molar-refractivity contribution is 0.600. The van der Waals surface area contributed by atoms with Crippen LogP contribution in [0.5, 0.6) is 0 Å². The van der Waals surface area contributed by atoms with Gasteiger partial charge in [0.05, 0.1) is 5.69 Å². The van der Waals surface area contributed by atoms with Gasteiger partial charge in [0, 0.05) is 10.7 Å². The minimum absolute atomic E-state index is 0.132. The molecule has 0 fully saturated rings. The first-order valence-corrected chi connectivity index (χ1v) is 7.86. The number of aryl methyl sites for hydroxylation is 1. The maximum Gasteiger partial charge on any atom is 0.264 e. The van der Waals surface area contributed by atoms with Crippen molar-refractivity contribution in [1.82, 2.24) is 4.98 Å². The summed E-state index contributed by atoms with van der Waals surface area (Å²) < 4.78 is 27.9. The van der Waals surface area contributed by atoms with Gasteiger partial charge < -0.3 is 0 Å². The van der Waals surface area contributed by atoms with E-state index in [0.717, 1.165) is 10.0 Å². The Morgan fingerprint density at radius 2 is 2.10 bits per heavy atom. The topological polar surface area (TPSA) is 82.8 Å². The molecule has 0 unspecified atom stereocenters. The lowest BCUT2D eigenvalue weighted by Crippen LogP contribution is -2.15. The fourth-order valence-corrected chi connectivity index (χ4v) is 3.19. The number of rotatable bonds is 3. The molecule has 0 bridgehead atoms. The second-order valence-corrected chi connectivity index (χ2v) is 6.59. The number of sulfonamides is 1. The highest BCUT2D eigenvalue weighted by Crippen LogP contribution is 2.24. The van der Waals surface area contributed by atoms with E-state index in [-0.39, 0.29) is 10.6 Å². The number of nitrogens with one attached hydrogen (secondary N) is 1. The minimum Gasteiger partial charge on any atom is -0.279 e. The van der Waals surface area contributed by atoms with E-state index in [9.17, 15) is 8.42 Å². The average molecular weight is 352 g/mol. The predicted octanol–water partition coefficient (Wildman–Crippen LogP) is 2.83. The van der Waals surface area contributed by atoms with Crippen molar-refractivity contribution in [3.8, 4) is 6.07 Å². The molecule has 1 N–H and O–H groups in total. The van der Waals surface area contributed by atoms with Gasteiger partial charge in [-0.3, -0.25) is 4.72 Å². The molecule has 0 spiro atoms. The van der Waals surface area contributed by atoms with Crippen LogP contribution in [0, 0.1) is 18.3 Å². The summed E-state index contributed by atoms with van der Waals surface area (Å²) >= 11 is 3.29. The van der Waals surface area contributed by atoms with Crippen molar-refractivity contribution in [2.24, 2.45) is 0 Å². The molecule has 1 heterocycles. The first-order chi connectivity index (χ1) is 9.44. The van der Waals surface area contributed by atoms with Crippen LogP contribution in [-0.2, 0) is 10.0 Å². The normalized spacial score (nSPS) is 10.8. The van der Waals surface area contributed by atoms with Gasteiger partial charge in [0.2, 0.25) is 0 Å². The molecule has 20 heavy (non-hydrogen) atoms. The molecule has 0 saturated carbocycles. The molecule has 1 aromatic heterocycles. The van der Waals surface area contributed by atoms with E-state index in [0.29, 0.717) is 5.69 Å². The Morgan fingerprint density at radius 3 is 2.80 bits per heavy atom. The zero-order chi connectivity index (χ0) is 14.8. The van der Waals surface area contributed by atoms with Crippen LogP contribution < -0.4 is 4.72 Å². The highest BCUT2D eigenvalue weighted by molar-refractivity contribution is 9.10. The molecule has 2 rings (SSSR count). The number of hydrogen-bond acceptors (Lipinski definition) is 4. The molecule has 1 aromatic carbocycles. The summed E-state index contributed by atoms with van der Waals surface area (Å²) in [5.41, 5.74) is 1.10. The van der Waals surface area contributed by atoms with Crippen LogP contribution in [0.15, 0.2) is 45.9 Å². The first kappa shape index (κ1) is 14.5. The number of hydrogen-bond donors (Lipinski definition) is 1. The van der Waals surface area contributed by atoms with Crippen LogP contribution in [0.1, 0.15) is 11.3 Å². The number of anilines is 1. The van der Waals surface area contributed by atoms with Crippen LogP contribution in [-0.4, -0.2) is 13.4 Å². The highest BCUT2D eigenvalue weighted by Gasteiger charge is 2.20. The van der Waals surface area contributed by atoms with Gasteiger partial charge in [0.15, 0.2) is 5.69 Å². The molecule has 102 valence electrons. The molecular weight excluding hydrogens is 342 g/mol. The molecule has 0 atom stereocenters. The summed E-state index contributed by atoms with van der Waals surface area (Å²) in [5.74, 6) is 0. The van der Waals surface area contributed by atoms with Crippen molar-refractivity contribution < 1.29 is 8.42 Å². The van der Waals surface area contributed by atoms with E-state index in [2.05, 4.69) is 25.6 Å². The number of pyridine rings is 1. The number of benzene rings is 1. The van der Waals surface area contributed by atoms with Gasteiger partial charge in [-0.2, -0.15) is 5.26 Å². The highest BCUT2D eigenvalue weighted by atomic mass is 79.9. The summed E-state index contributed by atoms with van der Waals surface area (Å²) in [6, 6.07) is 9.87. The fourth-order valence-electron chi connectivity index (χ4n) is 1.60. The van der Waals surface area contributed by atoms with Gasteiger partial charge in [0.1, 0.15) is 11.0 Å². The van der Waals surface area contributed by atoms with E-state index in [4.69, 9.17) is 5.26 Å². The van der Waals surface area contributed by atoms with Crippen molar-refractivity contribution in [3.63, 3.8) is 0 Å². The van der Waals surface area contributed by atoms with Gasteiger partial charge >= 0.3 is 0 Å². The van der Waals surface area contributed by atoms with Crippen LogP contribution in [0.2, 0.25) is 0 Å². The third-order valence-electron chi connectivity index (χ3n) is 2.61. The van der Waals surface area contributed by atoms with Crippen molar-refractivity contribution in [2.75, 3.05) is 4.72 Å². The second kappa shape index (κ2) is 5.61. The zero-order valence-corrected chi connectivity index (χ0v) is 12.9. The quantitative estimate of drug-likeness (QED) is 0.921. The van der Waals surface area contributed by atoms with Crippen molar-refractivity contribution >= 4 is 31.6 Å². The Bertz CT molecular complexity index is 798. The van der Waals surface area contributed by atoms with Crippen molar-refractivity contribution in [1.29, 1.82) is 5.26 Å². The molecule has 5 nitrogen and oxygen atoms in total. The smallest absolute Gasteiger partial charge is 0.264 e. The number of nitrogens with zero attached hydrogens (tertiary/aromatic N) is 2. The molecule has 0 aliphatic rings. The minimum atomic E-state index is -3.85. The summed E-state index contributed by atoms with van der Waals surface area (Å²) in [7, 11) is -3.85. The molecule has 7 heteroatoms. The maximum absolute atomic E-state index is 12.3. The fraction of sp³-hybridized carbons (Fsp3) is 0.0769. The average Bonchev–Trinajstić information content (AvgIpc) is 2.42. The third-order valence-corrected chi connectivity index (χ3v) is 4.50. The van der Waals surface area contributed by atoms with E-state index in [1.165, 1.54) is 18.3 Å². The number of nitriles is 1. The van der Waals surface area contributed by atoms with Gasteiger partial charge in [-0.15, -0.1) is 0 Å². The number of halogens is 1. The maximum atomic E-state index is 12.3. The van der Waals surface area contributed by atoms with Gasteiger partial charge in [-0.05, 0) is 36.8 Å². The molecule has 0 saturated heterocycles. The molecular formula is C13H10BrN3O2S. The van der Waals surface area contributed by atoms with Gasteiger partial charge in [-0.1, -0.05) is 22.0 Å². The predicted molar refractivity (Wildman–Crippen MR) is 78.6 cm³/mol. The largest absolute Gasteiger partial charge is 0.279 e. The summed E-state index contributed by atoms with van der Waals surface area (Å²) in [6.45, 7) is 1.79. The zero-order valence-electron chi connectivity index (χ0n) is 10.5. The molecule has 2 aromatic rings. The Labute approximate surface area is 125 Å². The monoisotopic (exact) mass is 351 g/mol. The first-order valence-electron chi connectivity index (χ1n) is 5.58. The Kier molecular flexibility index (Phi) is 4.06. The third kappa shape index (κ3) is 2.98. The lowest BCUT2D eigenvalue weighted by atomic mass is 10.2. The van der Waals surface area contributed by atoms with E-state index in [1.54, 1.807) is 25.1 Å². The summed E-state index contributed by atoms with van der Waals surface area (Å²) in [6.07, 6.45) is 1.38. The van der Waals surface area contributed by atoms with Crippen LogP contribution in [0.4, 0.5) is 5.69 Å². The van der Waals surface area contributed by atoms with E-state index in [1.807, 2.05) is 6.07 Å². The molecule has 0 amide bonds. The summed E-state index contributed by atoms with van der Waals surface area (Å²) in [5, 5.41) is 8.93. The molecule has 0 aliphatic carbocycles. The van der Waals surface area contributed by atoms with E-state index >= 15 is 0 Å². The number of aromatic nitrogens is 1. The van der Waals surface area contributed by atoms with Crippen LogP contribution in [0.25, 0.3) is 0 Å². The Morgan fingerprint density at radius 1 is 1.35 bits per heavy atom. The van der Waals surface area contributed by atoms with Crippen molar-refractivity contribution in [2.45, 2.75) is 11.8 Å². The molecule has 0 aliphatic heterocycles. The van der Waals surface area contributed by atoms with Gasteiger partial charge in [-0.25, -0.2) is 13.4 Å².